The molecule has 2 aromatic rings. The van der Waals surface area contributed by atoms with Crippen molar-refractivity contribution in [1.29, 1.82) is 0 Å². The maximum Gasteiger partial charge on any atom is 0.262 e. The number of fused-ring (bicyclic) bond motifs is 1. The summed E-state index contributed by atoms with van der Waals surface area (Å²) in [6, 6.07) is 13.2. The Morgan fingerprint density at radius 3 is 2.74 bits per heavy atom. The summed E-state index contributed by atoms with van der Waals surface area (Å²) in [6.45, 7) is 2.56. The number of amides is 2. The maximum atomic E-state index is 12.3. The first-order valence-electron chi connectivity index (χ1n) is 8.99. The molecule has 0 aliphatic carbocycles. The molecule has 2 aromatic carbocycles. The van der Waals surface area contributed by atoms with Crippen LogP contribution in [-0.4, -0.2) is 38.7 Å². The molecule has 0 saturated heterocycles. The largest absolute Gasteiger partial charge is 0.483 e. The van der Waals surface area contributed by atoms with Crippen molar-refractivity contribution in [3.63, 3.8) is 0 Å². The molecule has 1 heterocycles. The van der Waals surface area contributed by atoms with Gasteiger partial charge in [0, 0.05) is 25.0 Å². The number of rotatable bonds is 6. The highest BCUT2D eigenvalue weighted by Gasteiger charge is 2.22. The lowest BCUT2D eigenvalue weighted by Gasteiger charge is -2.29. The van der Waals surface area contributed by atoms with Crippen LogP contribution in [-0.2, 0) is 20.7 Å². The summed E-state index contributed by atoms with van der Waals surface area (Å²) in [5.41, 5.74) is 3.55. The molecule has 2 amide bonds. The zero-order chi connectivity index (χ0) is 19.2. The molecule has 3 rings (SSSR count). The van der Waals surface area contributed by atoms with Crippen molar-refractivity contribution in [3.8, 4) is 5.75 Å². The standard InChI is InChI=1S/C21H24N2O4/c1-15-6-3-4-8-19(15)27-13-20(24)22-17-10-9-16-7-5-11-23(18(16)12-17)21(25)14-26-2/h3-4,6,8-10,12H,5,7,11,13-14H2,1-2H3,(H,22,24). The molecule has 0 saturated carbocycles. The third kappa shape index (κ3) is 4.65. The van der Waals surface area contributed by atoms with Gasteiger partial charge in [-0.2, -0.15) is 0 Å². The summed E-state index contributed by atoms with van der Waals surface area (Å²) in [7, 11) is 1.51. The van der Waals surface area contributed by atoms with Crippen LogP contribution in [0.5, 0.6) is 5.75 Å². The minimum absolute atomic E-state index is 0.0420. The quantitative estimate of drug-likeness (QED) is 0.851. The first-order valence-corrected chi connectivity index (χ1v) is 8.99. The van der Waals surface area contributed by atoms with Gasteiger partial charge in [-0.1, -0.05) is 24.3 Å². The number of benzene rings is 2. The molecule has 1 aliphatic heterocycles. The molecule has 0 radical (unpaired) electrons. The highest BCUT2D eigenvalue weighted by atomic mass is 16.5. The van der Waals surface area contributed by atoms with Crippen molar-refractivity contribution >= 4 is 23.2 Å². The van der Waals surface area contributed by atoms with Gasteiger partial charge in [0.15, 0.2) is 6.61 Å². The van der Waals surface area contributed by atoms with Crippen LogP contribution in [0.4, 0.5) is 11.4 Å². The van der Waals surface area contributed by atoms with Gasteiger partial charge in [0.05, 0.1) is 0 Å². The van der Waals surface area contributed by atoms with Crippen molar-refractivity contribution < 1.29 is 19.1 Å². The van der Waals surface area contributed by atoms with E-state index in [1.165, 1.54) is 7.11 Å². The Morgan fingerprint density at radius 2 is 1.96 bits per heavy atom. The van der Waals surface area contributed by atoms with Crippen molar-refractivity contribution in [2.24, 2.45) is 0 Å². The zero-order valence-corrected chi connectivity index (χ0v) is 15.7. The van der Waals surface area contributed by atoms with Gasteiger partial charge in [0.2, 0.25) is 0 Å². The second-order valence-corrected chi connectivity index (χ2v) is 6.53. The maximum absolute atomic E-state index is 12.3. The van der Waals surface area contributed by atoms with Crippen LogP contribution in [0.25, 0.3) is 0 Å². The highest BCUT2D eigenvalue weighted by Crippen LogP contribution is 2.30. The molecular formula is C21H24N2O4. The number of carbonyl (C=O) groups is 2. The van der Waals surface area contributed by atoms with Gasteiger partial charge in [-0.15, -0.1) is 0 Å². The summed E-state index contributed by atoms with van der Waals surface area (Å²) in [5.74, 6) is 0.364. The molecular weight excluding hydrogens is 344 g/mol. The number of nitrogens with zero attached hydrogens (tertiary/aromatic N) is 1. The fraction of sp³-hybridized carbons (Fsp3) is 0.333. The van der Waals surface area contributed by atoms with E-state index in [9.17, 15) is 9.59 Å². The third-order valence-electron chi connectivity index (χ3n) is 4.51. The van der Waals surface area contributed by atoms with Crippen LogP contribution in [0.15, 0.2) is 42.5 Å². The Hall–Kier alpha value is -2.86. The van der Waals surface area contributed by atoms with E-state index in [0.717, 1.165) is 29.7 Å². The van der Waals surface area contributed by atoms with Crippen LogP contribution >= 0.6 is 0 Å². The highest BCUT2D eigenvalue weighted by molar-refractivity contribution is 5.97. The van der Waals surface area contributed by atoms with Crippen LogP contribution in [0, 0.1) is 6.92 Å². The minimum atomic E-state index is -0.246. The van der Waals surface area contributed by atoms with E-state index in [-0.39, 0.29) is 25.0 Å². The lowest BCUT2D eigenvalue weighted by atomic mass is 10.0. The first kappa shape index (κ1) is 18.9. The molecule has 0 unspecified atom stereocenters. The number of hydrogen-bond donors (Lipinski definition) is 1. The molecule has 6 heteroatoms. The average molecular weight is 368 g/mol. The van der Waals surface area contributed by atoms with Crippen molar-refractivity contribution in [2.75, 3.05) is 37.1 Å². The molecule has 142 valence electrons. The lowest BCUT2D eigenvalue weighted by Crippen LogP contribution is -2.37. The topological polar surface area (TPSA) is 67.9 Å². The third-order valence-corrected chi connectivity index (χ3v) is 4.51. The average Bonchev–Trinajstić information content (AvgIpc) is 2.67. The molecule has 0 atom stereocenters. The van der Waals surface area contributed by atoms with Crippen LogP contribution in [0.2, 0.25) is 0 Å². The van der Waals surface area contributed by atoms with Crippen molar-refractivity contribution in [2.45, 2.75) is 19.8 Å². The van der Waals surface area contributed by atoms with E-state index in [1.54, 1.807) is 4.90 Å². The van der Waals surface area contributed by atoms with Crippen LogP contribution < -0.4 is 15.0 Å². The predicted molar refractivity (Wildman–Crippen MR) is 104 cm³/mol. The second kappa shape index (κ2) is 8.68. The van der Waals surface area contributed by atoms with E-state index >= 15 is 0 Å². The van der Waals surface area contributed by atoms with E-state index in [0.29, 0.717) is 18.0 Å². The smallest absolute Gasteiger partial charge is 0.262 e. The number of para-hydroxylation sites is 1. The predicted octanol–water partition coefficient (Wildman–Crippen LogP) is 2.94. The second-order valence-electron chi connectivity index (χ2n) is 6.53. The van der Waals surface area contributed by atoms with E-state index in [4.69, 9.17) is 9.47 Å². The fourth-order valence-electron chi connectivity index (χ4n) is 3.17. The van der Waals surface area contributed by atoms with Gasteiger partial charge >= 0.3 is 0 Å². The molecule has 0 fully saturated rings. The number of anilines is 2. The normalized spacial score (nSPS) is 13.0. The van der Waals surface area contributed by atoms with Crippen molar-refractivity contribution in [3.05, 3.63) is 53.6 Å². The first-order chi connectivity index (χ1) is 13.1. The number of methoxy groups -OCH3 is 1. The van der Waals surface area contributed by atoms with E-state index < -0.39 is 0 Å². The van der Waals surface area contributed by atoms with Gasteiger partial charge in [0.25, 0.3) is 11.8 Å². The monoisotopic (exact) mass is 368 g/mol. The van der Waals surface area contributed by atoms with Gasteiger partial charge in [0.1, 0.15) is 12.4 Å². The molecule has 0 aromatic heterocycles. The summed E-state index contributed by atoms with van der Waals surface area (Å²) >= 11 is 0. The van der Waals surface area contributed by atoms with Crippen LogP contribution in [0.1, 0.15) is 17.5 Å². The van der Waals surface area contributed by atoms with E-state index in [1.807, 2.05) is 49.4 Å². The summed E-state index contributed by atoms with van der Waals surface area (Å²) in [5, 5.41) is 2.84. The fourth-order valence-corrected chi connectivity index (χ4v) is 3.17. The van der Waals surface area contributed by atoms with Gasteiger partial charge < -0.3 is 19.7 Å². The molecule has 6 nitrogen and oxygen atoms in total. The number of ether oxygens (including phenoxy) is 2. The van der Waals surface area contributed by atoms with Gasteiger partial charge in [-0.25, -0.2) is 0 Å². The summed E-state index contributed by atoms with van der Waals surface area (Å²) in [6.07, 6.45) is 1.83. The Balaban J connectivity index is 1.67. The van der Waals surface area contributed by atoms with Crippen LogP contribution in [0.3, 0.4) is 0 Å². The summed E-state index contributed by atoms with van der Waals surface area (Å²) in [4.78, 5) is 26.2. The number of hydrogen-bond acceptors (Lipinski definition) is 4. The molecule has 27 heavy (non-hydrogen) atoms. The number of nitrogens with one attached hydrogen (secondary N) is 1. The molecule has 1 aliphatic rings. The Kier molecular flexibility index (Phi) is 6.08. The van der Waals surface area contributed by atoms with Gasteiger partial charge in [-0.05, 0) is 49.1 Å². The van der Waals surface area contributed by atoms with E-state index in [2.05, 4.69) is 5.32 Å². The summed E-state index contributed by atoms with van der Waals surface area (Å²) < 4.78 is 10.6. The van der Waals surface area contributed by atoms with Crippen molar-refractivity contribution in [1.82, 2.24) is 0 Å². The molecule has 0 bridgehead atoms. The van der Waals surface area contributed by atoms with Gasteiger partial charge in [-0.3, -0.25) is 9.59 Å². The SMILES string of the molecule is COCC(=O)N1CCCc2ccc(NC(=O)COc3ccccc3C)cc21. The molecule has 1 N–H and O–H groups in total. The lowest BCUT2D eigenvalue weighted by molar-refractivity contribution is -0.122. The number of aryl methyl sites for hydroxylation is 2. The zero-order valence-electron chi connectivity index (χ0n) is 15.7. The minimum Gasteiger partial charge on any atom is -0.483 e. The number of carbonyl (C=O) groups excluding carboxylic acids is 2. The Labute approximate surface area is 159 Å². The Morgan fingerprint density at radius 1 is 1.15 bits per heavy atom. The molecule has 0 spiro atoms. The Bertz CT molecular complexity index is 835.